The van der Waals surface area contributed by atoms with Crippen molar-refractivity contribution < 1.29 is 18.0 Å². The Morgan fingerprint density at radius 2 is 1.63 bits per heavy atom. The lowest BCUT2D eigenvalue weighted by molar-refractivity contribution is -0.114. The van der Waals surface area contributed by atoms with E-state index in [1.165, 1.54) is 0 Å². The van der Waals surface area contributed by atoms with Gasteiger partial charge in [-0.15, -0.1) is 0 Å². The predicted octanol–water partition coefficient (Wildman–Crippen LogP) is 3.24. The number of amides is 2. The molecule has 0 fully saturated rings. The number of para-hydroxylation sites is 1. The number of benzene rings is 2. The van der Waals surface area contributed by atoms with Crippen LogP contribution in [0, 0.1) is 13.8 Å². The third kappa shape index (κ3) is 6.32. The van der Waals surface area contributed by atoms with E-state index in [1.54, 1.807) is 36.4 Å². The van der Waals surface area contributed by atoms with E-state index in [0.717, 1.165) is 21.7 Å². The van der Waals surface area contributed by atoms with Crippen LogP contribution in [0.4, 0.5) is 11.4 Å². The van der Waals surface area contributed by atoms with Gasteiger partial charge >= 0.3 is 0 Å². The summed E-state index contributed by atoms with van der Waals surface area (Å²) in [4.78, 5) is 25.3. The van der Waals surface area contributed by atoms with Crippen molar-refractivity contribution in [2.24, 2.45) is 0 Å². The molecular formula is C22H29N3O4S. The van der Waals surface area contributed by atoms with Crippen molar-refractivity contribution in [2.45, 2.75) is 40.2 Å². The summed E-state index contributed by atoms with van der Waals surface area (Å²) in [6.45, 7) is 8.98. The molecule has 0 aromatic heterocycles. The standard InChI is InChI=1S/C22H29N3O4S/c1-15-11-12-17(13-16(15)2)25(30(6,28)29)14-20(26)23-19-10-8-7-9-18(19)21(27)24-22(3,4)5/h7-13H,14H2,1-6H3,(H,23,26)(H,24,27). The van der Waals surface area contributed by atoms with Crippen LogP contribution in [0.25, 0.3) is 0 Å². The number of aryl methyl sites for hydroxylation is 2. The molecule has 2 amide bonds. The van der Waals surface area contributed by atoms with Gasteiger partial charge in [-0.1, -0.05) is 18.2 Å². The van der Waals surface area contributed by atoms with Gasteiger partial charge in [-0.25, -0.2) is 8.42 Å². The summed E-state index contributed by atoms with van der Waals surface area (Å²) in [5.41, 5.74) is 2.54. The number of carbonyl (C=O) groups is 2. The van der Waals surface area contributed by atoms with Crippen molar-refractivity contribution in [1.29, 1.82) is 0 Å². The number of hydrogen-bond acceptors (Lipinski definition) is 4. The lowest BCUT2D eigenvalue weighted by Gasteiger charge is -2.24. The molecule has 2 rings (SSSR count). The molecule has 0 radical (unpaired) electrons. The fourth-order valence-electron chi connectivity index (χ4n) is 2.80. The van der Waals surface area contributed by atoms with Gasteiger partial charge in [0.15, 0.2) is 0 Å². The molecule has 2 N–H and O–H groups in total. The van der Waals surface area contributed by atoms with E-state index in [-0.39, 0.29) is 5.91 Å². The molecule has 0 bridgehead atoms. The van der Waals surface area contributed by atoms with Gasteiger partial charge in [0.25, 0.3) is 5.91 Å². The minimum Gasteiger partial charge on any atom is -0.347 e. The first-order valence-corrected chi connectivity index (χ1v) is 11.4. The molecule has 8 heteroatoms. The fourth-order valence-corrected chi connectivity index (χ4v) is 3.65. The summed E-state index contributed by atoms with van der Waals surface area (Å²) in [6.07, 6.45) is 1.06. The topological polar surface area (TPSA) is 95.6 Å². The van der Waals surface area contributed by atoms with Gasteiger partial charge in [0.05, 0.1) is 23.2 Å². The number of hydrogen-bond donors (Lipinski definition) is 2. The summed E-state index contributed by atoms with van der Waals surface area (Å²) < 4.78 is 25.7. The van der Waals surface area contributed by atoms with Gasteiger partial charge in [-0.05, 0) is 70.0 Å². The van der Waals surface area contributed by atoms with E-state index in [1.807, 2.05) is 40.7 Å². The zero-order valence-corrected chi connectivity index (χ0v) is 19.1. The normalized spacial score (nSPS) is 11.7. The van der Waals surface area contributed by atoms with Crippen LogP contribution in [0.1, 0.15) is 42.3 Å². The zero-order chi connectivity index (χ0) is 22.7. The van der Waals surface area contributed by atoms with E-state index in [2.05, 4.69) is 10.6 Å². The van der Waals surface area contributed by atoms with Crippen LogP contribution < -0.4 is 14.9 Å². The molecule has 0 unspecified atom stereocenters. The largest absolute Gasteiger partial charge is 0.347 e. The van der Waals surface area contributed by atoms with Gasteiger partial charge in [0.2, 0.25) is 15.9 Å². The van der Waals surface area contributed by atoms with Crippen LogP contribution in [0.5, 0.6) is 0 Å². The summed E-state index contributed by atoms with van der Waals surface area (Å²) >= 11 is 0. The van der Waals surface area contributed by atoms with E-state index in [0.29, 0.717) is 16.9 Å². The Bertz CT molecular complexity index is 1060. The number of rotatable bonds is 6. The molecule has 30 heavy (non-hydrogen) atoms. The molecule has 0 saturated heterocycles. The number of nitrogens with zero attached hydrogens (tertiary/aromatic N) is 1. The van der Waals surface area contributed by atoms with Gasteiger partial charge in [0.1, 0.15) is 6.54 Å². The third-order valence-electron chi connectivity index (χ3n) is 4.40. The molecule has 0 spiro atoms. The molecule has 162 valence electrons. The van der Waals surface area contributed by atoms with Crippen LogP contribution in [-0.2, 0) is 14.8 Å². The maximum Gasteiger partial charge on any atom is 0.253 e. The maximum atomic E-state index is 12.7. The molecular weight excluding hydrogens is 402 g/mol. The summed E-state index contributed by atoms with van der Waals surface area (Å²) in [7, 11) is -3.69. The van der Waals surface area contributed by atoms with Crippen LogP contribution >= 0.6 is 0 Å². The Morgan fingerprint density at radius 3 is 2.20 bits per heavy atom. The highest BCUT2D eigenvalue weighted by Gasteiger charge is 2.23. The SMILES string of the molecule is Cc1ccc(N(CC(=O)Nc2ccccc2C(=O)NC(C)(C)C)S(C)(=O)=O)cc1C. The molecule has 0 atom stereocenters. The Morgan fingerprint density at radius 1 is 1.00 bits per heavy atom. The molecule has 2 aromatic rings. The number of anilines is 2. The second-order valence-corrected chi connectivity index (χ2v) is 10.2. The van der Waals surface area contributed by atoms with Crippen molar-refractivity contribution in [2.75, 3.05) is 22.4 Å². The highest BCUT2D eigenvalue weighted by atomic mass is 32.2. The van der Waals surface area contributed by atoms with E-state index in [9.17, 15) is 18.0 Å². The quantitative estimate of drug-likeness (QED) is 0.734. The second kappa shape index (κ2) is 8.87. The lowest BCUT2D eigenvalue weighted by atomic mass is 10.1. The summed E-state index contributed by atoms with van der Waals surface area (Å²) in [5.74, 6) is -0.873. The maximum absolute atomic E-state index is 12.7. The highest BCUT2D eigenvalue weighted by Crippen LogP contribution is 2.22. The fraction of sp³-hybridized carbons (Fsp3) is 0.364. The molecule has 2 aromatic carbocycles. The molecule has 0 aliphatic carbocycles. The number of sulfonamides is 1. The van der Waals surface area contributed by atoms with Crippen LogP contribution in [0.3, 0.4) is 0 Å². The average Bonchev–Trinajstić information content (AvgIpc) is 2.60. The molecule has 7 nitrogen and oxygen atoms in total. The summed E-state index contributed by atoms with van der Waals surface area (Å²) in [5, 5.41) is 5.52. The van der Waals surface area contributed by atoms with E-state index < -0.39 is 28.0 Å². The van der Waals surface area contributed by atoms with Crippen molar-refractivity contribution in [3.05, 3.63) is 59.2 Å². The van der Waals surface area contributed by atoms with Gasteiger partial charge in [-0.3, -0.25) is 13.9 Å². The van der Waals surface area contributed by atoms with Crippen molar-refractivity contribution in [3.63, 3.8) is 0 Å². The average molecular weight is 432 g/mol. The Hall–Kier alpha value is -2.87. The minimum atomic E-state index is -3.69. The molecule has 0 aliphatic heterocycles. The van der Waals surface area contributed by atoms with Crippen molar-refractivity contribution in [3.8, 4) is 0 Å². The molecule has 0 heterocycles. The highest BCUT2D eigenvalue weighted by molar-refractivity contribution is 7.92. The first kappa shape index (κ1) is 23.4. The first-order chi connectivity index (χ1) is 13.8. The van der Waals surface area contributed by atoms with Gasteiger partial charge in [0, 0.05) is 5.54 Å². The van der Waals surface area contributed by atoms with E-state index >= 15 is 0 Å². The molecule has 0 saturated carbocycles. The second-order valence-electron chi connectivity index (χ2n) is 8.34. The Balaban J connectivity index is 2.27. The van der Waals surface area contributed by atoms with Crippen LogP contribution in [-0.4, -0.2) is 38.6 Å². The summed E-state index contributed by atoms with van der Waals surface area (Å²) in [6, 6.07) is 11.8. The van der Waals surface area contributed by atoms with Crippen LogP contribution in [0.2, 0.25) is 0 Å². The Kier molecular flexibility index (Phi) is 6.92. The zero-order valence-electron chi connectivity index (χ0n) is 18.2. The van der Waals surface area contributed by atoms with E-state index in [4.69, 9.17) is 0 Å². The Labute approximate surface area is 178 Å². The van der Waals surface area contributed by atoms with Crippen LogP contribution in [0.15, 0.2) is 42.5 Å². The monoisotopic (exact) mass is 431 g/mol. The minimum absolute atomic E-state index is 0.304. The molecule has 0 aliphatic rings. The van der Waals surface area contributed by atoms with Crippen molar-refractivity contribution >= 4 is 33.2 Å². The third-order valence-corrected chi connectivity index (χ3v) is 5.54. The predicted molar refractivity (Wildman–Crippen MR) is 120 cm³/mol. The van der Waals surface area contributed by atoms with Gasteiger partial charge < -0.3 is 10.6 Å². The first-order valence-electron chi connectivity index (χ1n) is 9.54. The van der Waals surface area contributed by atoms with Crippen molar-refractivity contribution in [1.82, 2.24) is 5.32 Å². The van der Waals surface area contributed by atoms with Gasteiger partial charge in [-0.2, -0.15) is 0 Å². The number of carbonyl (C=O) groups excluding carboxylic acids is 2. The lowest BCUT2D eigenvalue weighted by Crippen LogP contribution is -2.41. The number of nitrogens with one attached hydrogen (secondary N) is 2. The smallest absolute Gasteiger partial charge is 0.253 e.